The van der Waals surface area contributed by atoms with Crippen molar-refractivity contribution in [3.8, 4) is 0 Å². The molecule has 0 bridgehead atoms. The van der Waals surface area contributed by atoms with Crippen LogP contribution in [0.4, 0.5) is 5.69 Å². The summed E-state index contributed by atoms with van der Waals surface area (Å²) < 4.78 is 6.12. The number of halogens is 1. The summed E-state index contributed by atoms with van der Waals surface area (Å²) in [4.78, 5) is 28.3. The molecule has 1 aromatic heterocycles. The van der Waals surface area contributed by atoms with E-state index in [1.807, 2.05) is 37.3 Å². The number of esters is 1. The highest BCUT2D eigenvalue weighted by atomic mass is 35.5. The van der Waals surface area contributed by atoms with Crippen molar-refractivity contribution in [3.63, 3.8) is 0 Å². The third-order valence-electron chi connectivity index (χ3n) is 3.72. The molecule has 5 nitrogen and oxygen atoms in total. The highest BCUT2D eigenvalue weighted by Crippen LogP contribution is 2.22. The third-order valence-corrected chi connectivity index (χ3v) is 5.05. The molecule has 1 amide bonds. The van der Waals surface area contributed by atoms with Gasteiger partial charge in [-0.25, -0.2) is 4.98 Å². The van der Waals surface area contributed by atoms with E-state index in [1.165, 1.54) is 0 Å². The van der Waals surface area contributed by atoms with Gasteiger partial charge in [-0.3, -0.25) is 9.59 Å². The normalized spacial score (nSPS) is 10.7. The molecule has 0 aliphatic rings. The van der Waals surface area contributed by atoms with Gasteiger partial charge in [-0.05, 0) is 36.8 Å². The van der Waals surface area contributed by atoms with E-state index >= 15 is 0 Å². The van der Waals surface area contributed by atoms with Gasteiger partial charge in [0.1, 0.15) is 0 Å². The van der Waals surface area contributed by atoms with Crippen molar-refractivity contribution < 1.29 is 14.3 Å². The molecule has 0 saturated heterocycles. The molecule has 0 fully saturated rings. The topological polar surface area (TPSA) is 68.3 Å². The van der Waals surface area contributed by atoms with Gasteiger partial charge in [-0.2, -0.15) is 0 Å². The predicted octanol–water partition coefficient (Wildman–Crippen LogP) is 4.37. The Labute approximate surface area is 160 Å². The lowest BCUT2D eigenvalue weighted by atomic mass is 10.2. The van der Waals surface area contributed by atoms with Gasteiger partial charge in [-0.15, -0.1) is 11.3 Å². The fourth-order valence-corrected chi connectivity index (χ4v) is 3.51. The Bertz CT molecular complexity index is 922. The molecule has 26 heavy (non-hydrogen) atoms. The number of aryl methyl sites for hydroxylation is 2. The van der Waals surface area contributed by atoms with Crippen LogP contribution in [0.3, 0.4) is 0 Å². The molecular formula is C19H17ClN2O3S. The number of para-hydroxylation sites is 1. The molecule has 3 aromatic rings. The quantitative estimate of drug-likeness (QED) is 0.636. The Hall–Kier alpha value is -2.44. The molecule has 3 rings (SSSR count). The van der Waals surface area contributed by atoms with Crippen molar-refractivity contribution in [2.75, 3.05) is 11.9 Å². The number of nitrogens with zero attached hydrogens (tertiary/aromatic N) is 1. The zero-order valence-corrected chi connectivity index (χ0v) is 15.7. The predicted molar refractivity (Wildman–Crippen MR) is 104 cm³/mol. The first kappa shape index (κ1) is 18.4. The zero-order valence-electron chi connectivity index (χ0n) is 14.1. The maximum Gasteiger partial charge on any atom is 0.306 e. The van der Waals surface area contributed by atoms with Crippen LogP contribution in [0.1, 0.15) is 17.0 Å². The molecule has 1 N–H and O–H groups in total. The molecule has 0 radical (unpaired) electrons. The standard InChI is InChI=1S/C19H17ClN2O3S/c1-12-6-7-13(20)10-15(12)21-17(23)11-25-19(24)9-8-18-22-14-4-2-3-5-16(14)26-18/h2-7,10H,8-9,11H2,1H3,(H,21,23). The number of benzene rings is 2. The molecule has 0 saturated carbocycles. The molecule has 134 valence electrons. The number of carbonyl (C=O) groups is 2. The summed E-state index contributed by atoms with van der Waals surface area (Å²) in [6.45, 7) is 1.53. The van der Waals surface area contributed by atoms with Crippen LogP contribution in [-0.4, -0.2) is 23.5 Å². The smallest absolute Gasteiger partial charge is 0.306 e. The number of thiazole rings is 1. The first-order chi connectivity index (χ1) is 12.5. The third kappa shape index (κ3) is 4.80. The number of anilines is 1. The largest absolute Gasteiger partial charge is 0.456 e. The van der Waals surface area contributed by atoms with E-state index in [4.69, 9.17) is 16.3 Å². The van der Waals surface area contributed by atoms with Gasteiger partial charge in [0.05, 0.1) is 21.6 Å². The van der Waals surface area contributed by atoms with Gasteiger partial charge in [0.15, 0.2) is 6.61 Å². The number of rotatable bonds is 6. The summed E-state index contributed by atoms with van der Waals surface area (Å²) in [6.07, 6.45) is 0.677. The SMILES string of the molecule is Cc1ccc(Cl)cc1NC(=O)COC(=O)CCc1nc2ccccc2s1. The molecule has 2 aromatic carbocycles. The van der Waals surface area contributed by atoms with Crippen LogP contribution in [0.2, 0.25) is 5.02 Å². The molecule has 1 heterocycles. The van der Waals surface area contributed by atoms with E-state index in [-0.39, 0.29) is 13.0 Å². The van der Waals surface area contributed by atoms with Gasteiger partial charge in [-0.1, -0.05) is 29.8 Å². The Morgan fingerprint density at radius 1 is 1.23 bits per heavy atom. The fourth-order valence-electron chi connectivity index (χ4n) is 2.37. The number of nitrogens with one attached hydrogen (secondary N) is 1. The van der Waals surface area contributed by atoms with Gasteiger partial charge in [0, 0.05) is 17.1 Å². The first-order valence-electron chi connectivity index (χ1n) is 8.07. The second-order valence-corrected chi connectivity index (χ2v) is 7.30. The van der Waals surface area contributed by atoms with Crippen LogP contribution in [0.15, 0.2) is 42.5 Å². The van der Waals surface area contributed by atoms with Gasteiger partial charge in [0.2, 0.25) is 0 Å². The van der Waals surface area contributed by atoms with Crippen molar-refractivity contribution in [2.45, 2.75) is 19.8 Å². The second kappa shape index (κ2) is 8.29. The number of carbonyl (C=O) groups excluding carboxylic acids is 2. The van der Waals surface area contributed by atoms with Crippen LogP contribution in [-0.2, 0) is 20.7 Å². The number of ether oxygens (including phenoxy) is 1. The molecule has 7 heteroatoms. The number of hydrogen-bond acceptors (Lipinski definition) is 5. The molecule has 0 aliphatic heterocycles. The maximum absolute atomic E-state index is 11.9. The van der Waals surface area contributed by atoms with Crippen molar-refractivity contribution in [1.29, 1.82) is 0 Å². The van der Waals surface area contributed by atoms with Gasteiger partial charge in [0.25, 0.3) is 5.91 Å². The minimum atomic E-state index is -0.428. The molecule has 0 unspecified atom stereocenters. The Balaban J connectivity index is 1.46. The minimum Gasteiger partial charge on any atom is -0.456 e. The molecular weight excluding hydrogens is 372 g/mol. The Kier molecular flexibility index (Phi) is 5.85. The Morgan fingerprint density at radius 3 is 2.85 bits per heavy atom. The number of fused-ring (bicyclic) bond motifs is 1. The van der Waals surface area contributed by atoms with Crippen LogP contribution in [0.5, 0.6) is 0 Å². The highest BCUT2D eigenvalue weighted by Gasteiger charge is 2.11. The van der Waals surface area contributed by atoms with Crippen molar-refractivity contribution in [3.05, 3.63) is 58.1 Å². The van der Waals surface area contributed by atoms with Crippen molar-refractivity contribution in [2.24, 2.45) is 0 Å². The monoisotopic (exact) mass is 388 g/mol. The lowest BCUT2D eigenvalue weighted by Crippen LogP contribution is -2.21. The minimum absolute atomic E-state index is 0.184. The lowest BCUT2D eigenvalue weighted by Gasteiger charge is -2.09. The molecule has 0 atom stereocenters. The van der Waals surface area contributed by atoms with Gasteiger partial charge < -0.3 is 10.1 Å². The Morgan fingerprint density at radius 2 is 2.04 bits per heavy atom. The average Bonchev–Trinajstić information content (AvgIpc) is 3.04. The van der Waals surface area contributed by atoms with Gasteiger partial charge >= 0.3 is 5.97 Å². The first-order valence-corrected chi connectivity index (χ1v) is 9.27. The lowest BCUT2D eigenvalue weighted by molar-refractivity contribution is -0.147. The van der Waals surface area contributed by atoms with E-state index in [1.54, 1.807) is 23.5 Å². The summed E-state index contributed by atoms with van der Waals surface area (Å²) in [7, 11) is 0. The van der Waals surface area contributed by atoms with Crippen molar-refractivity contribution in [1.82, 2.24) is 4.98 Å². The van der Waals surface area contributed by atoms with Crippen LogP contribution in [0, 0.1) is 6.92 Å². The molecule has 0 spiro atoms. The maximum atomic E-state index is 11.9. The van der Waals surface area contributed by atoms with E-state index < -0.39 is 11.9 Å². The number of hydrogen-bond donors (Lipinski definition) is 1. The number of amides is 1. The van der Waals surface area contributed by atoms with E-state index in [0.29, 0.717) is 17.1 Å². The van der Waals surface area contributed by atoms with Crippen LogP contribution >= 0.6 is 22.9 Å². The van der Waals surface area contributed by atoms with Crippen molar-refractivity contribution >= 4 is 50.7 Å². The van der Waals surface area contributed by atoms with E-state index in [2.05, 4.69) is 10.3 Å². The average molecular weight is 389 g/mol. The summed E-state index contributed by atoms with van der Waals surface area (Å²) in [5.74, 6) is -0.828. The fraction of sp³-hybridized carbons (Fsp3) is 0.211. The number of aromatic nitrogens is 1. The summed E-state index contributed by atoms with van der Waals surface area (Å²) in [5, 5.41) is 4.09. The summed E-state index contributed by atoms with van der Waals surface area (Å²) >= 11 is 7.47. The van der Waals surface area contributed by atoms with Crippen LogP contribution < -0.4 is 5.32 Å². The second-order valence-electron chi connectivity index (χ2n) is 5.74. The van der Waals surface area contributed by atoms with Crippen LogP contribution in [0.25, 0.3) is 10.2 Å². The summed E-state index contributed by atoms with van der Waals surface area (Å²) in [5.41, 5.74) is 2.41. The molecule has 0 aliphatic carbocycles. The zero-order chi connectivity index (χ0) is 18.5. The van der Waals surface area contributed by atoms with E-state index in [9.17, 15) is 9.59 Å². The highest BCUT2D eigenvalue weighted by molar-refractivity contribution is 7.18. The summed E-state index contributed by atoms with van der Waals surface area (Å²) in [6, 6.07) is 13.0. The van der Waals surface area contributed by atoms with E-state index in [0.717, 1.165) is 20.8 Å².